The number of benzene rings is 2. The highest BCUT2D eigenvalue weighted by atomic mass is 16.5. The molecular formula is C22H25N5O3. The molecule has 156 valence electrons. The fraction of sp³-hybridized carbons (Fsp3) is 0.364. The van der Waals surface area contributed by atoms with Crippen molar-refractivity contribution in [2.75, 3.05) is 13.7 Å². The van der Waals surface area contributed by atoms with E-state index in [0.29, 0.717) is 12.2 Å². The molecule has 2 aromatic carbocycles. The zero-order valence-corrected chi connectivity index (χ0v) is 17.0. The second-order valence-electron chi connectivity index (χ2n) is 7.39. The number of aromatic nitrogens is 4. The largest absolute Gasteiger partial charge is 0.497 e. The Kier molecular flexibility index (Phi) is 5.92. The second-order valence-corrected chi connectivity index (χ2v) is 7.39. The third-order valence-electron chi connectivity index (χ3n) is 5.50. The van der Waals surface area contributed by atoms with Crippen LogP contribution in [0.25, 0.3) is 5.69 Å². The molecular weight excluding hydrogens is 382 g/mol. The maximum Gasteiger partial charge on any atom is 0.368 e. The maximum absolute atomic E-state index is 13.2. The van der Waals surface area contributed by atoms with E-state index in [9.17, 15) is 9.59 Å². The van der Waals surface area contributed by atoms with Gasteiger partial charge in [0.25, 0.3) is 0 Å². The van der Waals surface area contributed by atoms with Crippen LogP contribution in [0, 0.1) is 0 Å². The van der Waals surface area contributed by atoms with E-state index in [0.717, 1.165) is 41.7 Å². The van der Waals surface area contributed by atoms with E-state index < -0.39 is 5.69 Å². The fourth-order valence-electron chi connectivity index (χ4n) is 3.90. The number of hydrogen-bond acceptors (Lipinski definition) is 5. The van der Waals surface area contributed by atoms with Gasteiger partial charge in [0.15, 0.2) is 0 Å². The SMILES string of the molecule is COc1ccc(C2CCCCCN2C(=O)Cn2nnn(-c3ccccc3)c2=O)cc1. The molecule has 1 unspecified atom stereocenters. The van der Waals surface area contributed by atoms with Gasteiger partial charge in [-0.25, -0.2) is 4.79 Å². The third-order valence-corrected chi connectivity index (χ3v) is 5.50. The molecule has 3 aromatic rings. The van der Waals surface area contributed by atoms with Crippen LogP contribution in [0.2, 0.25) is 0 Å². The normalized spacial score (nSPS) is 16.8. The summed E-state index contributed by atoms with van der Waals surface area (Å²) in [6.07, 6.45) is 3.98. The number of ether oxygens (including phenoxy) is 1. The van der Waals surface area contributed by atoms with E-state index >= 15 is 0 Å². The number of amides is 1. The van der Waals surface area contributed by atoms with E-state index in [1.54, 1.807) is 19.2 Å². The Balaban J connectivity index is 1.56. The average Bonchev–Trinajstić information content (AvgIpc) is 2.99. The van der Waals surface area contributed by atoms with Crippen molar-refractivity contribution in [2.45, 2.75) is 38.3 Å². The lowest BCUT2D eigenvalue weighted by Gasteiger charge is -2.30. The van der Waals surface area contributed by atoms with Crippen LogP contribution in [-0.2, 0) is 11.3 Å². The van der Waals surface area contributed by atoms with Crippen LogP contribution >= 0.6 is 0 Å². The first-order valence-corrected chi connectivity index (χ1v) is 10.2. The molecule has 1 amide bonds. The number of nitrogens with zero attached hydrogens (tertiary/aromatic N) is 5. The van der Waals surface area contributed by atoms with Gasteiger partial charge in [0.2, 0.25) is 5.91 Å². The molecule has 0 saturated carbocycles. The summed E-state index contributed by atoms with van der Waals surface area (Å²) in [4.78, 5) is 27.8. The van der Waals surface area contributed by atoms with Crippen LogP contribution in [0.3, 0.4) is 0 Å². The van der Waals surface area contributed by atoms with E-state index in [1.165, 1.54) is 4.68 Å². The van der Waals surface area contributed by atoms with Gasteiger partial charge >= 0.3 is 5.69 Å². The summed E-state index contributed by atoms with van der Waals surface area (Å²) in [7, 11) is 1.64. The molecule has 1 atom stereocenters. The van der Waals surface area contributed by atoms with Crippen LogP contribution in [-0.4, -0.2) is 44.3 Å². The molecule has 0 aliphatic carbocycles. The molecule has 30 heavy (non-hydrogen) atoms. The zero-order chi connectivity index (χ0) is 20.9. The molecule has 0 spiro atoms. The molecule has 1 saturated heterocycles. The predicted molar refractivity (Wildman–Crippen MR) is 112 cm³/mol. The molecule has 0 N–H and O–H groups in total. The highest BCUT2D eigenvalue weighted by Gasteiger charge is 2.27. The molecule has 1 fully saturated rings. The van der Waals surface area contributed by atoms with Crippen molar-refractivity contribution in [3.05, 3.63) is 70.6 Å². The first-order valence-electron chi connectivity index (χ1n) is 10.2. The van der Waals surface area contributed by atoms with E-state index in [-0.39, 0.29) is 18.5 Å². The van der Waals surface area contributed by atoms with Crippen molar-refractivity contribution in [3.63, 3.8) is 0 Å². The van der Waals surface area contributed by atoms with E-state index in [1.807, 2.05) is 47.4 Å². The van der Waals surface area contributed by atoms with Crippen LogP contribution < -0.4 is 10.4 Å². The van der Waals surface area contributed by atoms with Crippen LogP contribution in [0.15, 0.2) is 59.4 Å². The Bertz CT molecular complexity index is 1040. The Hall–Kier alpha value is -3.42. The lowest BCUT2D eigenvalue weighted by molar-refractivity contribution is -0.134. The minimum Gasteiger partial charge on any atom is -0.497 e. The van der Waals surface area contributed by atoms with Crippen molar-refractivity contribution >= 4 is 5.91 Å². The summed E-state index contributed by atoms with van der Waals surface area (Å²) in [5.41, 5.74) is 1.27. The topological polar surface area (TPSA) is 82.2 Å². The lowest BCUT2D eigenvalue weighted by atomic mass is 10.0. The fourth-order valence-corrected chi connectivity index (χ4v) is 3.90. The molecule has 0 bridgehead atoms. The van der Waals surface area contributed by atoms with Crippen molar-refractivity contribution in [3.8, 4) is 11.4 Å². The molecule has 8 nitrogen and oxygen atoms in total. The number of carbonyl (C=O) groups excluding carboxylic acids is 1. The number of carbonyl (C=O) groups is 1. The molecule has 4 rings (SSSR count). The molecule has 1 aromatic heterocycles. The highest BCUT2D eigenvalue weighted by molar-refractivity contribution is 5.76. The third kappa shape index (κ3) is 4.12. The Morgan fingerprint density at radius 2 is 1.80 bits per heavy atom. The summed E-state index contributed by atoms with van der Waals surface area (Å²) in [6, 6.07) is 16.9. The smallest absolute Gasteiger partial charge is 0.368 e. The van der Waals surface area contributed by atoms with Gasteiger partial charge in [-0.1, -0.05) is 43.2 Å². The first kappa shape index (κ1) is 19.9. The van der Waals surface area contributed by atoms with Gasteiger partial charge in [-0.15, -0.1) is 0 Å². The van der Waals surface area contributed by atoms with Crippen molar-refractivity contribution in [1.82, 2.24) is 24.7 Å². The first-order chi connectivity index (χ1) is 14.7. The van der Waals surface area contributed by atoms with E-state index in [4.69, 9.17) is 4.74 Å². The quantitative estimate of drug-likeness (QED) is 0.649. The number of para-hydroxylation sites is 1. The standard InChI is InChI=1S/C22H25N5O3/c1-30-19-13-11-17(12-14-19)20-10-6-3-7-15-25(20)21(28)16-26-22(29)27(24-23-26)18-8-4-2-5-9-18/h2,4-5,8-9,11-14,20H,3,6-7,10,15-16H2,1H3. The Morgan fingerprint density at radius 1 is 1.03 bits per heavy atom. The van der Waals surface area contributed by atoms with Gasteiger partial charge in [-0.05, 0) is 53.1 Å². The summed E-state index contributed by atoms with van der Waals surface area (Å²) >= 11 is 0. The van der Waals surface area contributed by atoms with Gasteiger partial charge in [0.05, 0.1) is 18.8 Å². The lowest BCUT2D eigenvalue weighted by Crippen LogP contribution is -2.39. The second kappa shape index (κ2) is 8.94. The van der Waals surface area contributed by atoms with Crippen LogP contribution in [0.4, 0.5) is 0 Å². The Morgan fingerprint density at radius 3 is 2.53 bits per heavy atom. The molecule has 0 radical (unpaired) electrons. The zero-order valence-electron chi connectivity index (χ0n) is 17.0. The minimum absolute atomic E-state index is 0.0224. The number of hydrogen-bond donors (Lipinski definition) is 0. The summed E-state index contributed by atoms with van der Waals surface area (Å²) in [5.74, 6) is 0.661. The van der Waals surface area contributed by atoms with Crippen molar-refractivity contribution < 1.29 is 9.53 Å². The van der Waals surface area contributed by atoms with Gasteiger partial charge in [0, 0.05) is 6.54 Å². The summed E-state index contributed by atoms with van der Waals surface area (Å²) in [5, 5.41) is 7.86. The van der Waals surface area contributed by atoms with Gasteiger partial charge in [-0.2, -0.15) is 9.36 Å². The number of likely N-dealkylation sites (tertiary alicyclic amines) is 1. The Labute approximate surface area is 174 Å². The summed E-state index contributed by atoms with van der Waals surface area (Å²) in [6.45, 7) is 0.537. The monoisotopic (exact) mass is 407 g/mol. The van der Waals surface area contributed by atoms with Crippen LogP contribution in [0.1, 0.15) is 37.3 Å². The predicted octanol–water partition coefficient (Wildman–Crippen LogP) is 2.58. The van der Waals surface area contributed by atoms with Crippen molar-refractivity contribution in [2.24, 2.45) is 0 Å². The number of tetrazole rings is 1. The summed E-state index contributed by atoms with van der Waals surface area (Å²) < 4.78 is 7.59. The van der Waals surface area contributed by atoms with Gasteiger partial charge in [0.1, 0.15) is 12.3 Å². The molecule has 2 heterocycles. The molecule has 1 aliphatic rings. The van der Waals surface area contributed by atoms with E-state index in [2.05, 4.69) is 10.4 Å². The number of rotatable bonds is 5. The van der Waals surface area contributed by atoms with Crippen LogP contribution in [0.5, 0.6) is 5.75 Å². The molecule has 1 aliphatic heterocycles. The average molecular weight is 407 g/mol. The highest BCUT2D eigenvalue weighted by Crippen LogP contribution is 2.31. The molecule has 8 heteroatoms. The van der Waals surface area contributed by atoms with Gasteiger partial charge < -0.3 is 9.64 Å². The number of methoxy groups -OCH3 is 1. The minimum atomic E-state index is -0.426. The van der Waals surface area contributed by atoms with Gasteiger partial charge in [-0.3, -0.25) is 4.79 Å². The maximum atomic E-state index is 13.2. The van der Waals surface area contributed by atoms with Crippen molar-refractivity contribution in [1.29, 1.82) is 0 Å².